The molecule has 5 heteroatoms. The van der Waals surface area contributed by atoms with E-state index in [2.05, 4.69) is 0 Å². The summed E-state index contributed by atoms with van der Waals surface area (Å²) in [7, 11) is 13.9. The Morgan fingerprint density at radius 2 is 1.90 bits per heavy atom. The van der Waals surface area contributed by atoms with Gasteiger partial charge in [0, 0.05) is 0 Å². The third kappa shape index (κ3) is 5.84. The van der Waals surface area contributed by atoms with Crippen LogP contribution < -0.4 is 0 Å². The molecule has 1 atom stereocenters. The monoisotopic (exact) mass is 264 g/mol. The molecule has 0 aliphatic rings. The number of Topliss-reactive ketones (excluding diaryl/α,β-unsaturated/α-hetero) is 1. The minimum absolute atomic E-state index is 0.0903. The molecule has 0 aromatic rings. The van der Waals surface area contributed by atoms with Crippen LogP contribution in [0.25, 0.3) is 0 Å². The molecule has 10 heavy (non-hydrogen) atoms. The molecule has 1 unspecified atom stereocenters. The van der Waals surface area contributed by atoms with E-state index in [-0.39, 0.29) is 11.7 Å². The average Bonchev–Trinajstić information content (AvgIpc) is 1.60. The molecule has 0 N–H and O–H groups in total. The normalized spacial score (nSPS) is 14.9. The molecule has 0 saturated heterocycles. The van der Waals surface area contributed by atoms with E-state index in [1.54, 1.807) is 6.92 Å². The van der Waals surface area contributed by atoms with Crippen molar-refractivity contribution >= 4 is 46.3 Å². The summed E-state index contributed by atoms with van der Waals surface area (Å²) in [5.74, 6) is 0.00412. The number of carbonyl (C=O) groups excluding carboxylic acids is 1. The summed E-state index contributed by atoms with van der Waals surface area (Å²) >= 11 is 0. The molecule has 60 valence electrons. The SMILES string of the molecule is CC(=O)C(C)[CH2][Ge]([Cl])([Cl])[Cl]. The molecule has 0 spiro atoms. The molecule has 1 nitrogen and oxygen atoms in total. The number of ketones is 1. The summed E-state index contributed by atoms with van der Waals surface area (Å²) < 4.78 is 0. The molecule has 0 fully saturated rings. The van der Waals surface area contributed by atoms with E-state index in [1.165, 1.54) is 6.92 Å². The fraction of sp³-hybridized carbons (Fsp3) is 0.800. The Kier molecular flexibility index (Phi) is 4.65. The Morgan fingerprint density at radius 3 is 2.00 bits per heavy atom. The Bertz CT molecular complexity index is 131. The van der Waals surface area contributed by atoms with Crippen LogP contribution in [0.4, 0.5) is 0 Å². The summed E-state index contributed by atoms with van der Waals surface area (Å²) in [6.45, 7) is 3.30. The van der Waals surface area contributed by atoms with Gasteiger partial charge in [-0.25, -0.2) is 0 Å². The first kappa shape index (κ1) is 11.1. The third-order valence-corrected chi connectivity index (χ3v) is 5.89. The van der Waals surface area contributed by atoms with Gasteiger partial charge in [-0.05, 0) is 0 Å². The van der Waals surface area contributed by atoms with Gasteiger partial charge in [0.05, 0.1) is 0 Å². The van der Waals surface area contributed by atoms with E-state index in [0.29, 0.717) is 5.25 Å². The Labute approximate surface area is 75.9 Å². The maximum absolute atomic E-state index is 10.7. The van der Waals surface area contributed by atoms with Crippen molar-refractivity contribution in [3.05, 3.63) is 0 Å². The second-order valence-electron chi connectivity index (χ2n) is 2.33. The maximum atomic E-state index is 10.7. The van der Waals surface area contributed by atoms with Crippen molar-refractivity contribution in [2.45, 2.75) is 19.1 Å². The van der Waals surface area contributed by atoms with Gasteiger partial charge in [-0.15, -0.1) is 0 Å². The van der Waals surface area contributed by atoms with Crippen LogP contribution in [-0.4, -0.2) is 16.3 Å². The van der Waals surface area contributed by atoms with Crippen LogP contribution in [0.15, 0.2) is 0 Å². The molecule has 0 heterocycles. The second-order valence-corrected chi connectivity index (χ2v) is 18.8. The molecule has 0 radical (unpaired) electrons. The van der Waals surface area contributed by atoms with E-state index in [4.69, 9.17) is 30.0 Å². The first-order valence-electron chi connectivity index (χ1n) is 2.90. The first-order valence-corrected chi connectivity index (χ1v) is 12.7. The van der Waals surface area contributed by atoms with Gasteiger partial charge in [0.15, 0.2) is 0 Å². The molecule has 0 aliphatic carbocycles. The summed E-state index contributed by atoms with van der Waals surface area (Å²) in [4.78, 5) is 10.7. The van der Waals surface area contributed by atoms with Crippen molar-refractivity contribution in [3.63, 3.8) is 0 Å². The number of halogens is 3. The van der Waals surface area contributed by atoms with Gasteiger partial charge in [0.2, 0.25) is 0 Å². The van der Waals surface area contributed by atoms with Gasteiger partial charge in [0.25, 0.3) is 0 Å². The Hall–Kier alpha value is 1.08. The quantitative estimate of drug-likeness (QED) is 0.716. The van der Waals surface area contributed by atoms with E-state index in [1.807, 2.05) is 0 Å². The fourth-order valence-electron chi connectivity index (χ4n) is 0.491. The van der Waals surface area contributed by atoms with Gasteiger partial charge in [-0.3, -0.25) is 0 Å². The zero-order valence-corrected chi connectivity index (χ0v) is 10.2. The minimum atomic E-state index is -3.04. The second kappa shape index (κ2) is 4.19. The zero-order chi connectivity index (χ0) is 8.36. The Morgan fingerprint density at radius 1 is 1.50 bits per heavy atom. The van der Waals surface area contributed by atoms with Crippen LogP contribution >= 0.6 is 30.0 Å². The molecule has 0 aromatic heterocycles. The van der Waals surface area contributed by atoms with Gasteiger partial charge < -0.3 is 0 Å². The van der Waals surface area contributed by atoms with Gasteiger partial charge in [0.1, 0.15) is 0 Å². The van der Waals surface area contributed by atoms with Crippen LogP contribution in [0.3, 0.4) is 0 Å². The number of hydrogen-bond donors (Lipinski definition) is 0. The molecule has 0 amide bonds. The fourth-order valence-corrected chi connectivity index (χ4v) is 6.16. The van der Waals surface area contributed by atoms with Gasteiger partial charge in [-0.2, -0.15) is 0 Å². The van der Waals surface area contributed by atoms with Crippen LogP contribution in [-0.2, 0) is 4.79 Å². The molecule has 0 saturated carbocycles. The standard InChI is InChI=1S/C5H9Cl3GeO/c1-4(5(2)10)3-9(6,7)8/h4H,3H2,1-2H3. The molecule has 0 bridgehead atoms. The predicted molar refractivity (Wildman–Crippen MR) is 48.0 cm³/mol. The van der Waals surface area contributed by atoms with Crippen molar-refractivity contribution in [2.75, 3.05) is 0 Å². The summed E-state index contributed by atoms with van der Waals surface area (Å²) in [5, 5.41) is 0.472. The summed E-state index contributed by atoms with van der Waals surface area (Å²) in [6, 6.07) is 0. The zero-order valence-electron chi connectivity index (χ0n) is 5.83. The number of carbonyl (C=O) groups is 1. The van der Waals surface area contributed by atoms with Crippen LogP contribution in [0, 0.1) is 5.92 Å². The third-order valence-electron chi connectivity index (χ3n) is 1.23. The first-order chi connectivity index (χ1) is 4.33. The van der Waals surface area contributed by atoms with E-state index < -0.39 is 10.5 Å². The van der Waals surface area contributed by atoms with Gasteiger partial charge in [-0.1, -0.05) is 0 Å². The van der Waals surface area contributed by atoms with E-state index in [9.17, 15) is 4.79 Å². The topological polar surface area (TPSA) is 17.1 Å². The van der Waals surface area contributed by atoms with Crippen molar-refractivity contribution < 1.29 is 4.79 Å². The molecule has 0 aromatic carbocycles. The average molecular weight is 264 g/mol. The van der Waals surface area contributed by atoms with Gasteiger partial charge >= 0.3 is 76.1 Å². The summed E-state index contributed by atoms with van der Waals surface area (Å²) in [5.41, 5.74) is 0. The van der Waals surface area contributed by atoms with Crippen LogP contribution in [0.5, 0.6) is 0 Å². The van der Waals surface area contributed by atoms with E-state index >= 15 is 0 Å². The summed E-state index contributed by atoms with van der Waals surface area (Å²) in [6.07, 6.45) is 0. The van der Waals surface area contributed by atoms with Crippen LogP contribution in [0.1, 0.15) is 13.8 Å². The number of hydrogen-bond acceptors (Lipinski definition) is 1. The molecular weight excluding hydrogens is 255 g/mol. The van der Waals surface area contributed by atoms with Crippen molar-refractivity contribution in [3.8, 4) is 0 Å². The Balaban J connectivity index is 3.80. The van der Waals surface area contributed by atoms with E-state index in [0.717, 1.165) is 0 Å². The molecule has 0 rings (SSSR count). The van der Waals surface area contributed by atoms with Crippen molar-refractivity contribution in [1.29, 1.82) is 0 Å². The molecule has 0 aliphatic heterocycles. The van der Waals surface area contributed by atoms with Crippen molar-refractivity contribution in [1.82, 2.24) is 0 Å². The predicted octanol–water partition coefficient (Wildman–Crippen LogP) is 2.87. The number of rotatable bonds is 3. The van der Waals surface area contributed by atoms with Crippen molar-refractivity contribution in [2.24, 2.45) is 5.92 Å². The van der Waals surface area contributed by atoms with Crippen LogP contribution in [0.2, 0.25) is 5.25 Å². The molecular formula is C5H9Cl3GeO.